The molecule has 1 heterocycles. The lowest BCUT2D eigenvalue weighted by atomic mass is 10.1. The second-order valence-electron chi connectivity index (χ2n) is 5.31. The molecule has 0 spiro atoms. The van der Waals surface area contributed by atoms with E-state index in [1.165, 1.54) is 0 Å². The average Bonchev–Trinajstić information content (AvgIpc) is 2.40. The number of nitrogens with one attached hydrogen (secondary N) is 1. The molecule has 1 aliphatic rings. The Balaban J connectivity index is 0.00000242. The Bertz CT molecular complexity index is 591. The second-order valence-corrected chi connectivity index (χ2v) is 6.99. The van der Waals surface area contributed by atoms with Gasteiger partial charge in [-0.25, -0.2) is 21.9 Å². The van der Waals surface area contributed by atoms with Gasteiger partial charge in [-0.05, 0) is 51.0 Å². The van der Waals surface area contributed by atoms with Gasteiger partial charge in [0.15, 0.2) is 0 Å². The number of hydrogen-bond donors (Lipinski definition) is 1. The van der Waals surface area contributed by atoms with Gasteiger partial charge in [0.25, 0.3) is 0 Å². The van der Waals surface area contributed by atoms with Crippen molar-refractivity contribution in [3.05, 3.63) is 29.8 Å². The zero-order valence-corrected chi connectivity index (χ0v) is 14.0. The largest absolute Gasteiger partial charge is 0.303 e. The lowest BCUT2D eigenvalue weighted by molar-refractivity contribution is 0.208. The number of hydrogen-bond acceptors (Lipinski definition) is 3. The van der Waals surface area contributed by atoms with Crippen LogP contribution in [0.15, 0.2) is 23.1 Å². The third-order valence-electron chi connectivity index (χ3n) is 3.63. The highest BCUT2D eigenvalue weighted by Crippen LogP contribution is 2.18. The van der Waals surface area contributed by atoms with Gasteiger partial charge in [0.05, 0.1) is 0 Å². The SMILES string of the molecule is CCCN1CCC(NS(=O)(=O)c2ccc(F)cc2F)CC1.Cl. The Morgan fingerprint density at radius 1 is 1.27 bits per heavy atom. The van der Waals surface area contributed by atoms with E-state index in [1.54, 1.807) is 0 Å². The van der Waals surface area contributed by atoms with Gasteiger partial charge in [0, 0.05) is 12.1 Å². The molecule has 1 aliphatic heterocycles. The fraction of sp³-hybridized carbons (Fsp3) is 0.571. The van der Waals surface area contributed by atoms with Gasteiger partial charge in [-0.2, -0.15) is 0 Å². The molecule has 0 radical (unpaired) electrons. The fourth-order valence-corrected chi connectivity index (χ4v) is 3.93. The molecule has 0 bridgehead atoms. The molecule has 0 atom stereocenters. The van der Waals surface area contributed by atoms with E-state index < -0.39 is 26.6 Å². The summed E-state index contributed by atoms with van der Waals surface area (Å²) in [6, 6.07) is 2.28. The van der Waals surface area contributed by atoms with Crippen LogP contribution in [-0.4, -0.2) is 39.0 Å². The summed E-state index contributed by atoms with van der Waals surface area (Å²) >= 11 is 0. The van der Waals surface area contributed by atoms with Crippen LogP contribution >= 0.6 is 12.4 Å². The van der Waals surface area contributed by atoms with Gasteiger partial charge in [0.1, 0.15) is 16.5 Å². The molecule has 0 saturated carbocycles. The molecule has 0 amide bonds. The Hall–Kier alpha value is -0.760. The van der Waals surface area contributed by atoms with Crippen LogP contribution in [0, 0.1) is 11.6 Å². The number of likely N-dealkylation sites (tertiary alicyclic amines) is 1. The molecule has 22 heavy (non-hydrogen) atoms. The third kappa shape index (κ3) is 4.87. The minimum Gasteiger partial charge on any atom is -0.303 e. The van der Waals surface area contributed by atoms with Crippen molar-refractivity contribution in [3.8, 4) is 0 Å². The van der Waals surface area contributed by atoms with Crippen molar-refractivity contribution in [1.29, 1.82) is 0 Å². The predicted molar refractivity (Wildman–Crippen MR) is 83.7 cm³/mol. The van der Waals surface area contributed by atoms with E-state index in [0.717, 1.165) is 38.2 Å². The summed E-state index contributed by atoms with van der Waals surface area (Å²) in [4.78, 5) is 1.78. The van der Waals surface area contributed by atoms with Crippen molar-refractivity contribution in [3.63, 3.8) is 0 Å². The number of piperidine rings is 1. The molecule has 2 rings (SSSR count). The van der Waals surface area contributed by atoms with Gasteiger partial charge in [0.2, 0.25) is 10.0 Å². The molecular formula is C14H21ClF2N2O2S. The highest BCUT2D eigenvalue weighted by atomic mass is 35.5. The Kier molecular flexibility index (Phi) is 7.18. The summed E-state index contributed by atoms with van der Waals surface area (Å²) in [5.74, 6) is -1.86. The van der Waals surface area contributed by atoms with Crippen molar-refractivity contribution >= 4 is 22.4 Å². The average molecular weight is 355 g/mol. The minimum absolute atomic E-state index is 0. The topological polar surface area (TPSA) is 49.4 Å². The van der Waals surface area contributed by atoms with E-state index in [9.17, 15) is 17.2 Å². The molecule has 1 fully saturated rings. The van der Waals surface area contributed by atoms with Crippen LogP contribution in [0.3, 0.4) is 0 Å². The summed E-state index contributed by atoms with van der Waals surface area (Å²) in [6.07, 6.45) is 2.46. The summed E-state index contributed by atoms with van der Waals surface area (Å²) in [5.41, 5.74) is 0. The van der Waals surface area contributed by atoms with Crippen molar-refractivity contribution in [2.24, 2.45) is 0 Å². The summed E-state index contributed by atoms with van der Waals surface area (Å²) in [7, 11) is -3.95. The monoisotopic (exact) mass is 354 g/mol. The van der Waals surface area contributed by atoms with E-state index in [2.05, 4.69) is 16.5 Å². The van der Waals surface area contributed by atoms with Crippen molar-refractivity contribution in [2.75, 3.05) is 19.6 Å². The molecular weight excluding hydrogens is 334 g/mol. The first-order valence-corrected chi connectivity index (χ1v) is 8.60. The van der Waals surface area contributed by atoms with E-state index in [4.69, 9.17) is 0 Å². The summed E-state index contributed by atoms with van der Waals surface area (Å²) < 4.78 is 53.3. The van der Waals surface area contributed by atoms with Gasteiger partial charge in [-0.3, -0.25) is 0 Å². The third-order valence-corrected chi connectivity index (χ3v) is 5.19. The van der Waals surface area contributed by atoms with E-state index in [1.807, 2.05) is 0 Å². The number of rotatable bonds is 5. The minimum atomic E-state index is -3.95. The molecule has 4 nitrogen and oxygen atoms in total. The maximum Gasteiger partial charge on any atom is 0.243 e. The first-order valence-electron chi connectivity index (χ1n) is 7.12. The van der Waals surface area contributed by atoms with Crippen LogP contribution in [0.5, 0.6) is 0 Å². The van der Waals surface area contributed by atoms with E-state index in [-0.39, 0.29) is 18.4 Å². The summed E-state index contributed by atoms with van der Waals surface area (Å²) in [6.45, 7) is 4.76. The first-order chi connectivity index (χ1) is 9.92. The second kappa shape index (κ2) is 8.19. The molecule has 0 aromatic heterocycles. The number of halogens is 3. The molecule has 1 aromatic carbocycles. The van der Waals surface area contributed by atoms with Crippen LogP contribution in [0.2, 0.25) is 0 Å². The van der Waals surface area contributed by atoms with Gasteiger partial charge >= 0.3 is 0 Å². The quantitative estimate of drug-likeness (QED) is 0.884. The molecule has 1 aromatic rings. The fourth-order valence-electron chi connectivity index (χ4n) is 2.57. The zero-order valence-electron chi connectivity index (χ0n) is 12.4. The van der Waals surface area contributed by atoms with Crippen LogP contribution in [0.4, 0.5) is 8.78 Å². The van der Waals surface area contributed by atoms with Crippen LogP contribution in [-0.2, 0) is 10.0 Å². The molecule has 1 saturated heterocycles. The Morgan fingerprint density at radius 2 is 1.91 bits per heavy atom. The molecule has 0 aliphatic carbocycles. The Morgan fingerprint density at radius 3 is 2.45 bits per heavy atom. The van der Waals surface area contributed by atoms with Crippen molar-refractivity contribution in [1.82, 2.24) is 9.62 Å². The maximum absolute atomic E-state index is 13.6. The predicted octanol–water partition coefficient (Wildman–Crippen LogP) is 2.54. The normalized spacial score (nSPS) is 17.2. The smallest absolute Gasteiger partial charge is 0.243 e. The van der Waals surface area contributed by atoms with Crippen LogP contribution in [0.25, 0.3) is 0 Å². The van der Waals surface area contributed by atoms with Crippen molar-refractivity contribution < 1.29 is 17.2 Å². The number of nitrogens with zero attached hydrogens (tertiary/aromatic N) is 1. The molecule has 126 valence electrons. The van der Waals surface area contributed by atoms with Gasteiger partial charge < -0.3 is 4.90 Å². The van der Waals surface area contributed by atoms with E-state index in [0.29, 0.717) is 18.9 Å². The standard InChI is InChI=1S/C14H20F2N2O2S.ClH/c1-2-7-18-8-5-12(6-9-18)17-21(19,20)14-4-3-11(15)10-13(14)16;/h3-4,10,12,17H,2,5-9H2,1H3;1H. The van der Waals surface area contributed by atoms with Crippen molar-refractivity contribution in [2.45, 2.75) is 37.1 Å². The molecule has 8 heteroatoms. The highest BCUT2D eigenvalue weighted by molar-refractivity contribution is 7.89. The Labute approximate surface area is 136 Å². The number of benzene rings is 1. The molecule has 1 N–H and O–H groups in total. The lowest BCUT2D eigenvalue weighted by Gasteiger charge is -2.31. The number of sulfonamides is 1. The zero-order chi connectivity index (χ0) is 15.5. The first kappa shape index (κ1) is 19.3. The summed E-state index contributed by atoms with van der Waals surface area (Å²) in [5, 5.41) is 0. The lowest BCUT2D eigenvalue weighted by Crippen LogP contribution is -2.44. The van der Waals surface area contributed by atoms with E-state index >= 15 is 0 Å². The van der Waals surface area contributed by atoms with Crippen LogP contribution < -0.4 is 4.72 Å². The van der Waals surface area contributed by atoms with Gasteiger partial charge in [-0.1, -0.05) is 6.92 Å². The maximum atomic E-state index is 13.6. The molecule has 0 unspecified atom stereocenters. The van der Waals surface area contributed by atoms with Gasteiger partial charge in [-0.15, -0.1) is 12.4 Å². The van der Waals surface area contributed by atoms with Crippen LogP contribution in [0.1, 0.15) is 26.2 Å². The highest BCUT2D eigenvalue weighted by Gasteiger charge is 2.26.